The number of hydrogen-bond acceptors (Lipinski definition) is 2. The predicted octanol–water partition coefficient (Wildman–Crippen LogP) is 4.74. The molecule has 4 heteroatoms. The van der Waals surface area contributed by atoms with Crippen molar-refractivity contribution in [2.75, 3.05) is 19.6 Å². The number of likely N-dealkylation sites (tertiary alicyclic amines) is 1. The molecule has 0 radical (unpaired) electrons. The van der Waals surface area contributed by atoms with E-state index < -0.39 is 0 Å². The lowest BCUT2D eigenvalue weighted by Crippen LogP contribution is -2.55. The number of piperidine rings is 1. The number of nitrogens with zero attached hydrogens (tertiary/aromatic N) is 2. The molecular formula is C26H35N3O. The number of benzene rings is 1. The zero-order valence-corrected chi connectivity index (χ0v) is 18.0. The van der Waals surface area contributed by atoms with Crippen LogP contribution in [0.1, 0.15) is 50.5 Å². The average molecular weight is 406 g/mol. The topological polar surface area (TPSA) is 35.6 Å². The van der Waals surface area contributed by atoms with Gasteiger partial charge in [-0.1, -0.05) is 67.5 Å². The zero-order valence-electron chi connectivity index (χ0n) is 18.0. The first kappa shape index (κ1) is 19.9. The predicted molar refractivity (Wildman–Crippen MR) is 121 cm³/mol. The molecule has 2 saturated heterocycles. The largest absolute Gasteiger partial charge is 0.330 e. The number of hydrogen-bond donors (Lipinski definition) is 1. The summed E-state index contributed by atoms with van der Waals surface area (Å²) in [5.41, 5.74) is 1.31. The average Bonchev–Trinajstić information content (AvgIpc) is 3.45. The van der Waals surface area contributed by atoms with Gasteiger partial charge >= 0.3 is 6.03 Å². The van der Waals surface area contributed by atoms with Gasteiger partial charge in [0, 0.05) is 38.1 Å². The molecule has 0 bridgehead atoms. The van der Waals surface area contributed by atoms with E-state index in [-0.39, 0.29) is 11.6 Å². The van der Waals surface area contributed by atoms with Crippen LogP contribution in [0.25, 0.3) is 0 Å². The Morgan fingerprint density at radius 3 is 2.47 bits per heavy atom. The van der Waals surface area contributed by atoms with E-state index in [0.717, 1.165) is 45.4 Å². The van der Waals surface area contributed by atoms with E-state index in [1.165, 1.54) is 31.2 Å². The lowest BCUT2D eigenvalue weighted by Gasteiger charge is -2.42. The van der Waals surface area contributed by atoms with Crippen LogP contribution in [0.2, 0.25) is 0 Å². The van der Waals surface area contributed by atoms with Gasteiger partial charge in [-0.15, -0.1) is 0 Å². The lowest BCUT2D eigenvalue weighted by atomic mass is 9.71. The van der Waals surface area contributed by atoms with Gasteiger partial charge in [-0.3, -0.25) is 4.90 Å². The summed E-state index contributed by atoms with van der Waals surface area (Å²) in [6.07, 6.45) is 17.3. The van der Waals surface area contributed by atoms with Crippen LogP contribution in [0.3, 0.4) is 0 Å². The summed E-state index contributed by atoms with van der Waals surface area (Å²) < 4.78 is 0. The van der Waals surface area contributed by atoms with Gasteiger partial charge in [-0.25, -0.2) is 4.79 Å². The molecule has 2 heterocycles. The molecule has 4 nitrogen and oxygen atoms in total. The minimum Gasteiger partial charge on any atom is -0.330 e. The van der Waals surface area contributed by atoms with Crippen LogP contribution in [0.4, 0.5) is 4.79 Å². The Balaban J connectivity index is 1.26. The molecule has 2 atom stereocenters. The number of nitrogens with one attached hydrogen (secondary N) is 1. The quantitative estimate of drug-likeness (QED) is 0.768. The fraction of sp³-hybridized carbons (Fsp3) is 0.577. The molecule has 30 heavy (non-hydrogen) atoms. The molecule has 1 saturated carbocycles. The fourth-order valence-corrected chi connectivity index (χ4v) is 6.34. The van der Waals surface area contributed by atoms with Gasteiger partial charge in [0.05, 0.1) is 5.54 Å². The van der Waals surface area contributed by atoms with Crippen molar-refractivity contribution in [3.63, 3.8) is 0 Å². The van der Waals surface area contributed by atoms with Crippen LogP contribution in [-0.2, 0) is 6.54 Å². The summed E-state index contributed by atoms with van der Waals surface area (Å²) in [7, 11) is 0. The summed E-state index contributed by atoms with van der Waals surface area (Å²) in [6, 6.07) is 11.3. The van der Waals surface area contributed by atoms with E-state index in [4.69, 9.17) is 0 Å². The van der Waals surface area contributed by atoms with Crippen molar-refractivity contribution >= 4 is 6.03 Å². The third-order valence-electron chi connectivity index (χ3n) is 8.01. The zero-order chi connectivity index (χ0) is 20.4. The maximum atomic E-state index is 13.2. The molecule has 2 amide bonds. The summed E-state index contributed by atoms with van der Waals surface area (Å²) in [4.78, 5) is 18.0. The summed E-state index contributed by atoms with van der Waals surface area (Å²) in [6.45, 7) is 4.06. The highest BCUT2D eigenvalue weighted by Gasteiger charge is 2.53. The molecule has 1 aromatic rings. The molecule has 5 rings (SSSR count). The number of amides is 2. The minimum atomic E-state index is -0.0734. The number of rotatable bonds is 5. The molecule has 0 aromatic heterocycles. The van der Waals surface area contributed by atoms with Crippen molar-refractivity contribution in [1.82, 2.24) is 15.1 Å². The van der Waals surface area contributed by atoms with Crippen molar-refractivity contribution in [1.29, 1.82) is 0 Å². The molecular weight excluding hydrogens is 370 g/mol. The maximum Gasteiger partial charge on any atom is 0.318 e. The van der Waals surface area contributed by atoms with Crippen molar-refractivity contribution < 1.29 is 4.79 Å². The second-order valence-electron chi connectivity index (χ2n) is 9.73. The molecule has 2 aliphatic carbocycles. The first-order valence-electron chi connectivity index (χ1n) is 11.9. The molecule has 2 unspecified atom stereocenters. The van der Waals surface area contributed by atoms with Crippen molar-refractivity contribution in [3.8, 4) is 0 Å². The summed E-state index contributed by atoms with van der Waals surface area (Å²) in [5, 5.41) is 3.57. The highest BCUT2D eigenvalue weighted by molar-refractivity contribution is 5.78. The van der Waals surface area contributed by atoms with Gasteiger partial charge in [-0.2, -0.15) is 0 Å². The second-order valence-corrected chi connectivity index (χ2v) is 9.73. The Kier molecular flexibility index (Phi) is 5.68. The van der Waals surface area contributed by atoms with E-state index in [0.29, 0.717) is 17.9 Å². The Morgan fingerprint density at radius 2 is 1.77 bits per heavy atom. The van der Waals surface area contributed by atoms with Crippen molar-refractivity contribution in [3.05, 3.63) is 60.2 Å². The van der Waals surface area contributed by atoms with Gasteiger partial charge in [0.1, 0.15) is 0 Å². The lowest BCUT2D eigenvalue weighted by molar-refractivity contribution is 0.113. The van der Waals surface area contributed by atoms with Crippen LogP contribution < -0.4 is 5.32 Å². The Bertz CT molecular complexity index is 790. The first-order chi connectivity index (χ1) is 14.7. The van der Waals surface area contributed by atoms with Gasteiger partial charge < -0.3 is 10.2 Å². The SMILES string of the molecule is O=C1NC(C2C=CC=CC2)(C2CCCC2)CN1C1CCN(Cc2ccccc2)CC1. The third-order valence-corrected chi connectivity index (χ3v) is 8.01. The van der Waals surface area contributed by atoms with Crippen LogP contribution in [-0.4, -0.2) is 47.0 Å². The highest BCUT2D eigenvalue weighted by atomic mass is 16.2. The third kappa shape index (κ3) is 3.82. The minimum absolute atomic E-state index is 0.0734. The Morgan fingerprint density at radius 1 is 1.00 bits per heavy atom. The Hall–Kier alpha value is -2.07. The molecule has 0 spiro atoms. The van der Waals surface area contributed by atoms with E-state index in [2.05, 4.69) is 69.8 Å². The number of carbonyl (C=O) groups excluding carboxylic acids is 1. The maximum absolute atomic E-state index is 13.2. The van der Waals surface area contributed by atoms with Crippen LogP contribution in [0.15, 0.2) is 54.6 Å². The monoisotopic (exact) mass is 405 g/mol. The second kappa shape index (κ2) is 8.58. The molecule has 4 aliphatic rings. The van der Waals surface area contributed by atoms with Crippen molar-refractivity contribution in [2.45, 2.75) is 63.1 Å². The van der Waals surface area contributed by atoms with Gasteiger partial charge in [0.2, 0.25) is 0 Å². The first-order valence-corrected chi connectivity index (χ1v) is 11.9. The van der Waals surface area contributed by atoms with E-state index in [1.54, 1.807) is 0 Å². The van der Waals surface area contributed by atoms with Crippen LogP contribution in [0, 0.1) is 11.8 Å². The fourth-order valence-electron chi connectivity index (χ4n) is 6.34. The molecule has 2 aliphatic heterocycles. The number of allylic oxidation sites excluding steroid dienone is 3. The molecule has 1 N–H and O–H groups in total. The normalized spacial score (nSPS) is 30.9. The van der Waals surface area contributed by atoms with E-state index in [1.807, 2.05) is 0 Å². The van der Waals surface area contributed by atoms with Crippen LogP contribution in [0.5, 0.6) is 0 Å². The molecule has 3 fully saturated rings. The van der Waals surface area contributed by atoms with Gasteiger partial charge in [0.15, 0.2) is 0 Å². The smallest absolute Gasteiger partial charge is 0.318 e. The molecule has 160 valence electrons. The highest BCUT2D eigenvalue weighted by Crippen LogP contribution is 2.44. The molecule has 1 aromatic carbocycles. The summed E-state index contributed by atoms with van der Waals surface area (Å²) in [5.74, 6) is 1.04. The Labute approximate surface area is 181 Å². The van der Waals surface area contributed by atoms with E-state index in [9.17, 15) is 4.79 Å². The van der Waals surface area contributed by atoms with Gasteiger partial charge in [0.25, 0.3) is 0 Å². The van der Waals surface area contributed by atoms with E-state index >= 15 is 0 Å². The van der Waals surface area contributed by atoms with Gasteiger partial charge in [-0.05, 0) is 43.6 Å². The summed E-state index contributed by atoms with van der Waals surface area (Å²) >= 11 is 0. The van der Waals surface area contributed by atoms with Crippen molar-refractivity contribution in [2.24, 2.45) is 11.8 Å². The number of urea groups is 1. The van der Waals surface area contributed by atoms with Crippen LogP contribution >= 0.6 is 0 Å². The standard InChI is InChI=1S/C26H35N3O/c30-25-27-26(23-13-7-8-14-23,22-11-5-2-6-12-22)20-29(25)24-15-17-28(18-16-24)19-21-9-3-1-4-10-21/h1-6,9-11,22-24H,7-8,12-20H2,(H,27,30). The number of carbonyl (C=O) groups is 1.